The lowest BCUT2D eigenvalue weighted by molar-refractivity contribution is -0.139. The van der Waals surface area contributed by atoms with E-state index in [1.807, 2.05) is 0 Å². The molecule has 0 aromatic heterocycles. The maximum atomic E-state index is 12.1. The third-order valence-electron chi connectivity index (χ3n) is 3.06. The fourth-order valence-corrected chi connectivity index (χ4v) is 2.39. The zero-order valence-electron chi connectivity index (χ0n) is 11.6. The average molecular weight is 311 g/mol. The van der Waals surface area contributed by atoms with Gasteiger partial charge >= 0.3 is 12.0 Å². The van der Waals surface area contributed by atoms with E-state index in [4.69, 9.17) is 16.3 Å². The monoisotopic (exact) mass is 310 g/mol. The zero-order chi connectivity index (χ0) is 15.6. The molecule has 6 nitrogen and oxygen atoms in total. The number of halogens is 1. The van der Waals surface area contributed by atoms with Gasteiger partial charge in [-0.1, -0.05) is 11.6 Å². The van der Waals surface area contributed by atoms with Gasteiger partial charge in [0.2, 0.25) is 0 Å². The van der Waals surface area contributed by atoms with Crippen LogP contribution in [0.4, 0.5) is 4.79 Å². The van der Waals surface area contributed by atoms with Gasteiger partial charge in [0.25, 0.3) is 0 Å². The van der Waals surface area contributed by atoms with Gasteiger partial charge in [0.15, 0.2) is 0 Å². The predicted octanol–water partition coefficient (Wildman–Crippen LogP) is 2.24. The number of aromatic hydroxyl groups is 1. The van der Waals surface area contributed by atoms with Crippen LogP contribution in [0.2, 0.25) is 5.02 Å². The molecule has 0 aliphatic carbocycles. The Balaban J connectivity index is 2.52. The number of urea groups is 1. The third kappa shape index (κ3) is 3.11. The minimum atomic E-state index is -0.780. The lowest BCUT2D eigenvalue weighted by Crippen LogP contribution is -2.45. The van der Waals surface area contributed by atoms with Gasteiger partial charge in [0.05, 0.1) is 18.2 Å². The van der Waals surface area contributed by atoms with Crippen LogP contribution >= 0.6 is 11.6 Å². The highest BCUT2D eigenvalue weighted by Crippen LogP contribution is 2.34. The largest absolute Gasteiger partial charge is 0.508 e. The number of hydrogen-bond acceptors (Lipinski definition) is 4. The Kier molecular flexibility index (Phi) is 4.37. The van der Waals surface area contributed by atoms with E-state index in [-0.39, 0.29) is 17.9 Å². The number of carbonyl (C=O) groups is 2. The summed E-state index contributed by atoms with van der Waals surface area (Å²) in [7, 11) is 0. The molecule has 0 spiro atoms. The summed E-state index contributed by atoms with van der Waals surface area (Å²) in [5.41, 5.74) is 1.07. The predicted molar refractivity (Wildman–Crippen MR) is 76.9 cm³/mol. The summed E-state index contributed by atoms with van der Waals surface area (Å²) >= 11 is 6.11. The van der Waals surface area contributed by atoms with Crippen LogP contribution in [0.15, 0.2) is 29.5 Å². The van der Waals surface area contributed by atoms with E-state index in [1.165, 1.54) is 18.2 Å². The topological polar surface area (TPSA) is 87.7 Å². The number of ether oxygens (including phenoxy) is 1. The summed E-state index contributed by atoms with van der Waals surface area (Å²) in [6.45, 7) is 3.51. The maximum absolute atomic E-state index is 12.1. The van der Waals surface area contributed by atoms with Crippen molar-refractivity contribution < 1.29 is 19.4 Å². The number of nitrogens with one attached hydrogen (secondary N) is 2. The van der Waals surface area contributed by atoms with E-state index < -0.39 is 18.0 Å². The van der Waals surface area contributed by atoms with Crippen molar-refractivity contribution in [2.75, 3.05) is 6.61 Å². The minimum Gasteiger partial charge on any atom is -0.508 e. The smallest absolute Gasteiger partial charge is 0.338 e. The molecule has 1 aromatic rings. The summed E-state index contributed by atoms with van der Waals surface area (Å²) in [5.74, 6) is -0.560. The molecular formula is C14H15ClN2O4. The van der Waals surface area contributed by atoms with E-state index in [0.717, 1.165) is 0 Å². The summed E-state index contributed by atoms with van der Waals surface area (Å²) in [5, 5.41) is 15.1. The standard InChI is InChI=1S/C14H15ClN2O4/c1-3-21-13(19)11-7(2)16-14(20)17-12(11)9-6-8(18)4-5-10(9)15/h4-6,12,18H,3H2,1-2H3,(H2,16,17,20)/t12-/m0/s1. The van der Waals surface area contributed by atoms with Crippen LogP contribution in [0, 0.1) is 0 Å². The first kappa shape index (κ1) is 15.2. The molecule has 21 heavy (non-hydrogen) atoms. The number of phenolic OH excluding ortho intramolecular Hbond substituents is 1. The lowest BCUT2D eigenvalue weighted by atomic mass is 9.95. The SMILES string of the molecule is CCOC(=O)C1=C(C)NC(=O)N[C@H]1c1cc(O)ccc1Cl. The van der Waals surface area contributed by atoms with Gasteiger partial charge in [-0.15, -0.1) is 0 Å². The molecule has 0 saturated carbocycles. The Morgan fingerprint density at radius 2 is 2.19 bits per heavy atom. The lowest BCUT2D eigenvalue weighted by Gasteiger charge is -2.28. The minimum absolute atomic E-state index is 0.0111. The van der Waals surface area contributed by atoms with E-state index in [9.17, 15) is 14.7 Å². The highest BCUT2D eigenvalue weighted by molar-refractivity contribution is 6.31. The molecule has 0 fully saturated rings. The van der Waals surface area contributed by atoms with Gasteiger partial charge in [-0.05, 0) is 32.0 Å². The van der Waals surface area contributed by atoms with Crippen LogP contribution in [-0.4, -0.2) is 23.7 Å². The van der Waals surface area contributed by atoms with Crippen molar-refractivity contribution in [3.05, 3.63) is 40.1 Å². The second kappa shape index (κ2) is 6.05. The van der Waals surface area contributed by atoms with Crippen LogP contribution < -0.4 is 10.6 Å². The molecule has 1 aromatic carbocycles. The molecule has 1 aliphatic rings. The number of esters is 1. The Labute approximate surface area is 126 Å². The normalized spacial score (nSPS) is 18.0. The third-order valence-corrected chi connectivity index (χ3v) is 3.40. The quantitative estimate of drug-likeness (QED) is 0.747. The van der Waals surface area contributed by atoms with Gasteiger partial charge in [-0.25, -0.2) is 9.59 Å². The molecule has 2 amide bonds. The van der Waals surface area contributed by atoms with E-state index in [1.54, 1.807) is 13.8 Å². The van der Waals surface area contributed by atoms with Crippen molar-refractivity contribution >= 4 is 23.6 Å². The highest BCUT2D eigenvalue weighted by Gasteiger charge is 2.33. The van der Waals surface area contributed by atoms with Crippen LogP contribution in [0.1, 0.15) is 25.5 Å². The molecule has 1 heterocycles. The van der Waals surface area contributed by atoms with E-state index >= 15 is 0 Å². The molecule has 7 heteroatoms. The van der Waals surface area contributed by atoms with E-state index in [0.29, 0.717) is 16.3 Å². The van der Waals surface area contributed by atoms with Crippen LogP contribution in [0.5, 0.6) is 5.75 Å². The molecule has 1 aliphatic heterocycles. The molecule has 1 atom stereocenters. The van der Waals surface area contributed by atoms with Gasteiger partial charge < -0.3 is 20.5 Å². The van der Waals surface area contributed by atoms with Gasteiger partial charge in [-0.2, -0.15) is 0 Å². The Morgan fingerprint density at radius 1 is 1.48 bits per heavy atom. The van der Waals surface area contributed by atoms with Crippen molar-refractivity contribution in [2.45, 2.75) is 19.9 Å². The Bertz CT molecular complexity index is 627. The van der Waals surface area contributed by atoms with Crippen LogP contribution in [-0.2, 0) is 9.53 Å². The number of allylic oxidation sites excluding steroid dienone is 1. The number of benzene rings is 1. The van der Waals surface area contributed by atoms with E-state index in [2.05, 4.69) is 10.6 Å². The molecule has 0 radical (unpaired) electrons. The fraction of sp³-hybridized carbons (Fsp3) is 0.286. The molecular weight excluding hydrogens is 296 g/mol. The fourth-order valence-electron chi connectivity index (χ4n) is 2.16. The Morgan fingerprint density at radius 3 is 2.86 bits per heavy atom. The van der Waals surface area contributed by atoms with Gasteiger partial charge in [0, 0.05) is 16.3 Å². The molecule has 3 N–H and O–H groups in total. The van der Waals surface area contributed by atoms with Crippen molar-refractivity contribution in [1.29, 1.82) is 0 Å². The van der Waals surface area contributed by atoms with Crippen molar-refractivity contribution in [2.24, 2.45) is 0 Å². The highest BCUT2D eigenvalue weighted by atomic mass is 35.5. The molecule has 2 rings (SSSR count). The average Bonchev–Trinajstić information content (AvgIpc) is 2.40. The van der Waals surface area contributed by atoms with Crippen molar-refractivity contribution in [1.82, 2.24) is 10.6 Å². The second-order valence-corrected chi connectivity index (χ2v) is 4.90. The number of carbonyl (C=O) groups excluding carboxylic acids is 2. The van der Waals surface area contributed by atoms with Crippen molar-refractivity contribution in [3.8, 4) is 5.75 Å². The van der Waals surface area contributed by atoms with Crippen molar-refractivity contribution in [3.63, 3.8) is 0 Å². The first-order valence-electron chi connectivity index (χ1n) is 6.37. The van der Waals surface area contributed by atoms with Crippen LogP contribution in [0.3, 0.4) is 0 Å². The number of amides is 2. The molecule has 0 saturated heterocycles. The zero-order valence-corrected chi connectivity index (χ0v) is 12.3. The number of phenols is 1. The molecule has 112 valence electrons. The number of rotatable bonds is 3. The summed E-state index contributed by atoms with van der Waals surface area (Å²) < 4.78 is 5.02. The Hall–Kier alpha value is -2.21. The maximum Gasteiger partial charge on any atom is 0.338 e. The first-order valence-corrected chi connectivity index (χ1v) is 6.75. The first-order chi connectivity index (χ1) is 9.93. The molecule has 0 bridgehead atoms. The summed E-state index contributed by atoms with van der Waals surface area (Å²) in [6, 6.07) is 3.10. The molecule has 0 unspecified atom stereocenters. The number of hydrogen-bond donors (Lipinski definition) is 3. The second-order valence-electron chi connectivity index (χ2n) is 4.50. The van der Waals surface area contributed by atoms with Gasteiger partial charge in [0.1, 0.15) is 5.75 Å². The van der Waals surface area contributed by atoms with Crippen LogP contribution in [0.25, 0.3) is 0 Å². The summed E-state index contributed by atoms with van der Waals surface area (Å²) in [4.78, 5) is 23.8. The van der Waals surface area contributed by atoms with Gasteiger partial charge in [-0.3, -0.25) is 0 Å². The summed E-state index contributed by atoms with van der Waals surface area (Å²) in [6.07, 6.45) is 0.